The molecule has 2 aromatic carbocycles. The number of aromatic nitrogens is 2. The summed E-state index contributed by atoms with van der Waals surface area (Å²) >= 11 is 0. The van der Waals surface area contributed by atoms with Crippen LogP contribution in [0, 0.1) is 12.8 Å². The number of nitrogens with zero attached hydrogens (tertiary/aromatic N) is 3. The average Bonchev–Trinajstić information content (AvgIpc) is 3.36. The van der Waals surface area contributed by atoms with E-state index in [-0.39, 0.29) is 24.8 Å². The third-order valence-electron chi connectivity index (χ3n) is 4.87. The summed E-state index contributed by atoms with van der Waals surface area (Å²) in [5, 5.41) is 7.88. The molecular weight excluding hydrogens is 370 g/mol. The number of aryl methyl sites for hydroxylation is 1. The van der Waals surface area contributed by atoms with E-state index in [0.29, 0.717) is 19.0 Å². The lowest BCUT2D eigenvalue weighted by Crippen LogP contribution is -2.26. The summed E-state index contributed by atoms with van der Waals surface area (Å²) in [7, 11) is 0. The molecule has 3 aromatic rings. The molecule has 29 heavy (non-hydrogen) atoms. The van der Waals surface area contributed by atoms with Crippen LogP contribution in [0.3, 0.4) is 0 Å². The average molecular weight is 391 g/mol. The lowest BCUT2D eigenvalue weighted by atomic mass is 10.1. The van der Waals surface area contributed by atoms with Crippen molar-refractivity contribution in [3.8, 4) is 11.5 Å². The van der Waals surface area contributed by atoms with E-state index in [9.17, 15) is 9.59 Å². The Hall–Kier alpha value is -3.48. The van der Waals surface area contributed by atoms with Crippen LogP contribution < -0.4 is 0 Å². The molecule has 0 unspecified atom stereocenters. The van der Waals surface area contributed by atoms with Crippen molar-refractivity contribution >= 4 is 11.9 Å². The fourth-order valence-electron chi connectivity index (χ4n) is 3.26. The Labute approximate surface area is 168 Å². The van der Waals surface area contributed by atoms with Crippen LogP contribution in [0.4, 0.5) is 0 Å². The molecule has 1 fully saturated rings. The summed E-state index contributed by atoms with van der Waals surface area (Å²) in [5.74, 6) is -0.361. The highest BCUT2D eigenvalue weighted by Gasteiger charge is 2.35. The molecule has 1 aliphatic heterocycles. The van der Waals surface area contributed by atoms with E-state index in [4.69, 9.17) is 9.15 Å². The maximum atomic E-state index is 12.4. The maximum absolute atomic E-state index is 12.4. The molecule has 0 radical (unpaired) electrons. The van der Waals surface area contributed by atoms with E-state index in [1.54, 1.807) is 4.90 Å². The lowest BCUT2D eigenvalue weighted by Gasteiger charge is -2.16. The van der Waals surface area contributed by atoms with E-state index in [0.717, 1.165) is 11.1 Å². The number of amides is 1. The molecule has 1 aliphatic rings. The maximum Gasteiger partial charge on any atom is 0.311 e. The molecule has 0 aliphatic carbocycles. The van der Waals surface area contributed by atoms with Gasteiger partial charge in [0.1, 0.15) is 0 Å². The third-order valence-corrected chi connectivity index (χ3v) is 4.87. The molecule has 1 aromatic heterocycles. The van der Waals surface area contributed by atoms with Crippen molar-refractivity contribution in [3.05, 3.63) is 71.6 Å². The zero-order valence-corrected chi connectivity index (χ0v) is 16.1. The van der Waals surface area contributed by atoms with Crippen LogP contribution in [-0.2, 0) is 27.5 Å². The van der Waals surface area contributed by atoms with Crippen molar-refractivity contribution in [3.63, 3.8) is 0 Å². The zero-order valence-electron chi connectivity index (χ0n) is 16.1. The van der Waals surface area contributed by atoms with Gasteiger partial charge >= 0.3 is 5.97 Å². The number of carbonyl (C=O) groups is 2. The standard InChI is InChI=1S/C22H21N3O4/c1-15-7-9-16(10-8-15)12-25-13-18(11-20(25)26)22(27)28-14-19-23-24-21(29-19)17-5-3-2-4-6-17/h2-10,18H,11-14H2,1H3/t18-/m1/s1. The second kappa shape index (κ2) is 8.26. The van der Waals surface area contributed by atoms with Crippen LogP contribution >= 0.6 is 0 Å². The van der Waals surface area contributed by atoms with Gasteiger partial charge in [-0.05, 0) is 24.6 Å². The van der Waals surface area contributed by atoms with Crippen molar-refractivity contribution < 1.29 is 18.7 Å². The van der Waals surface area contributed by atoms with Gasteiger partial charge in [0.2, 0.25) is 11.8 Å². The number of hydrogen-bond donors (Lipinski definition) is 0. The van der Waals surface area contributed by atoms with Gasteiger partial charge in [0.25, 0.3) is 5.89 Å². The van der Waals surface area contributed by atoms with Crippen LogP contribution in [-0.4, -0.2) is 33.5 Å². The minimum absolute atomic E-state index is 0.0447. The first kappa shape index (κ1) is 18.9. The van der Waals surface area contributed by atoms with Crippen LogP contribution in [0.1, 0.15) is 23.4 Å². The number of ether oxygens (including phenoxy) is 1. The Morgan fingerprint density at radius 2 is 1.90 bits per heavy atom. The number of rotatable bonds is 6. The summed E-state index contributed by atoms with van der Waals surface area (Å²) < 4.78 is 10.8. The van der Waals surface area contributed by atoms with E-state index in [2.05, 4.69) is 10.2 Å². The van der Waals surface area contributed by atoms with Gasteiger partial charge in [-0.2, -0.15) is 0 Å². The zero-order chi connectivity index (χ0) is 20.2. The van der Waals surface area contributed by atoms with Crippen LogP contribution in [0.2, 0.25) is 0 Å². The van der Waals surface area contributed by atoms with E-state index in [1.165, 1.54) is 5.56 Å². The molecule has 7 nitrogen and oxygen atoms in total. The smallest absolute Gasteiger partial charge is 0.311 e. The Morgan fingerprint density at radius 3 is 2.66 bits per heavy atom. The minimum Gasteiger partial charge on any atom is -0.455 e. The molecule has 4 rings (SSSR count). The summed E-state index contributed by atoms with van der Waals surface area (Å²) in [4.78, 5) is 26.4. The second-order valence-corrected chi connectivity index (χ2v) is 7.14. The molecule has 7 heteroatoms. The highest BCUT2D eigenvalue weighted by atomic mass is 16.5. The summed E-state index contributed by atoms with van der Waals surface area (Å²) in [6.07, 6.45) is 0.157. The van der Waals surface area contributed by atoms with Crippen molar-refractivity contribution in [2.75, 3.05) is 6.54 Å². The molecule has 148 valence electrons. The molecule has 1 saturated heterocycles. The lowest BCUT2D eigenvalue weighted by molar-refractivity contribution is -0.150. The predicted octanol–water partition coefficient (Wildman–Crippen LogP) is 3.14. The quantitative estimate of drug-likeness (QED) is 0.600. The van der Waals surface area contributed by atoms with Crippen molar-refractivity contribution in [2.24, 2.45) is 5.92 Å². The van der Waals surface area contributed by atoms with Crippen molar-refractivity contribution in [2.45, 2.75) is 26.5 Å². The summed E-state index contributed by atoms with van der Waals surface area (Å²) in [6, 6.07) is 17.4. The Kier molecular flexibility index (Phi) is 5.37. The van der Waals surface area contributed by atoms with Gasteiger partial charge in [-0.25, -0.2) is 0 Å². The van der Waals surface area contributed by atoms with Crippen LogP contribution in [0.15, 0.2) is 59.0 Å². The topological polar surface area (TPSA) is 85.5 Å². The van der Waals surface area contributed by atoms with Crippen molar-refractivity contribution in [1.29, 1.82) is 0 Å². The van der Waals surface area contributed by atoms with Crippen LogP contribution in [0.25, 0.3) is 11.5 Å². The van der Waals surface area contributed by atoms with E-state index < -0.39 is 11.9 Å². The molecule has 2 heterocycles. The first-order chi connectivity index (χ1) is 14.1. The largest absolute Gasteiger partial charge is 0.455 e. The molecule has 1 atom stereocenters. The molecule has 0 bridgehead atoms. The molecular formula is C22H21N3O4. The van der Waals surface area contributed by atoms with Gasteiger partial charge in [0, 0.05) is 25.1 Å². The van der Waals surface area contributed by atoms with E-state index >= 15 is 0 Å². The van der Waals surface area contributed by atoms with E-state index in [1.807, 2.05) is 61.5 Å². The molecule has 0 N–H and O–H groups in total. The first-order valence-corrected chi connectivity index (χ1v) is 9.46. The predicted molar refractivity (Wildman–Crippen MR) is 104 cm³/mol. The second-order valence-electron chi connectivity index (χ2n) is 7.14. The fourth-order valence-corrected chi connectivity index (χ4v) is 3.26. The van der Waals surface area contributed by atoms with Crippen molar-refractivity contribution in [1.82, 2.24) is 15.1 Å². The fraction of sp³-hybridized carbons (Fsp3) is 0.273. The Balaban J connectivity index is 1.31. The number of esters is 1. The first-order valence-electron chi connectivity index (χ1n) is 9.46. The van der Waals surface area contributed by atoms with Gasteiger partial charge in [-0.1, -0.05) is 48.0 Å². The van der Waals surface area contributed by atoms with Crippen LogP contribution in [0.5, 0.6) is 0 Å². The molecule has 0 spiro atoms. The summed E-state index contributed by atoms with van der Waals surface area (Å²) in [6.45, 7) is 2.75. The van der Waals surface area contributed by atoms with Gasteiger partial charge in [0.05, 0.1) is 5.92 Å². The highest BCUT2D eigenvalue weighted by molar-refractivity contribution is 5.86. The number of carbonyl (C=O) groups excluding carboxylic acids is 2. The Bertz CT molecular complexity index is 998. The SMILES string of the molecule is Cc1ccc(CN2C[C@H](C(=O)OCc3nnc(-c4ccccc4)o3)CC2=O)cc1. The van der Waals surface area contributed by atoms with Gasteiger partial charge in [0.15, 0.2) is 6.61 Å². The molecule has 1 amide bonds. The monoisotopic (exact) mass is 391 g/mol. The normalized spacial score (nSPS) is 16.2. The van der Waals surface area contributed by atoms with Gasteiger partial charge < -0.3 is 14.1 Å². The third kappa shape index (κ3) is 4.51. The Morgan fingerprint density at radius 1 is 1.14 bits per heavy atom. The molecule has 0 saturated carbocycles. The number of likely N-dealkylation sites (tertiary alicyclic amines) is 1. The minimum atomic E-state index is -0.482. The number of hydrogen-bond acceptors (Lipinski definition) is 6. The summed E-state index contributed by atoms with van der Waals surface area (Å²) in [5.41, 5.74) is 3.00. The highest BCUT2D eigenvalue weighted by Crippen LogP contribution is 2.22. The van der Waals surface area contributed by atoms with Gasteiger partial charge in [-0.3, -0.25) is 9.59 Å². The van der Waals surface area contributed by atoms with Gasteiger partial charge in [-0.15, -0.1) is 10.2 Å². The number of benzene rings is 2.